The molecule has 1 N–H and O–H groups in total. The third-order valence-corrected chi connectivity index (χ3v) is 2.78. The van der Waals surface area contributed by atoms with Crippen LogP contribution in [0, 0.1) is 0 Å². The third kappa shape index (κ3) is 5.10. The predicted molar refractivity (Wildman–Crippen MR) is 75.6 cm³/mol. The van der Waals surface area contributed by atoms with Gasteiger partial charge < -0.3 is 9.84 Å². The molecule has 1 aromatic heterocycles. The van der Waals surface area contributed by atoms with Gasteiger partial charge in [0.05, 0.1) is 6.54 Å². The zero-order valence-electron chi connectivity index (χ0n) is 10.9. The zero-order valence-corrected chi connectivity index (χ0v) is 12.5. The summed E-state index contributed by atoms with van der Waals surface area (Å²) in [6.45, 7) is 9.26. The lowest BCUT2D eigenvalue weighted by atomic mass is 10.2. The molecule has 1 saturated heterocycles. The molecule has 1 aromatic rings. The Labute approximate surface area is 121 Å². The van der Waals surface area contributed by atoms with Crippen molar-refractivity contribution >= 4 is 24.8 Å². The summed E-state index contributed by atoms with van der Waals surface area (Å²) < 4.78 is 5.20. The Balaban J connectivity index is 0.00000144. The van der Waals surface area contributed by atoms with Crippen LogP contribution in [0.2, 0.25) is 0 Å². The predicted octanol–water partition coefficient (Wildman–Crippen LogP) is 1.83. The fourth-order valence-corrected chi connectivity index (χ4v) is 1.83. The second-order valence-electron chi connectivity index (χ2n) is 4.58. The molecular formula is C11H22Cl2N4O. The van der Waals surface area contributed by atoms with E-state index in [2.05, 4.69) is 34.2 Å². The van der Waals surface area contributed by atoms with Crippen LogP contribution in [-0.2, 0) is 6.54 Å². The molecule has 0 aromatic carbocycles. The fourth-order valence-electron chi connectivity index (χ4n) is 1.83. The van der Waals surface area contributed by atoms with Crippen LogP contribution < -0.4 is 5.32 Å². The van der Waals surface area contributed by atoms with E-state index in [1.54, 1.807) is 0 Å². The van der Waals surface area contributed by atoms with Crippen molar-refractivity contribution in [2.45, 2.75) is 32.7 Å². The quantitative estimate of drug-likeness (QED) is 0.922. The maximum Gasteiger partial charge on any atom is 0.229 e. The van der Waals surface area contributed by atoms with Gasteiger partial charge in [0.15, 0.2) is 5.82 Å². The van der Waals surface area contributed by atoms with E-state index >= 15 is 0 Å². The number of nitrogens with zero attached hydrogens (tertiary/aromatic N) is 3. The highest BCUT2D eigenvalue weighted by Gasteiger charge is 2.14. The first-order valence-corrected chi connectivity index (χ1v) is 6.01. The summed E-state index contributed by atoms with van der Waals surface area (Å²) in [7, 11) is 0. The number of halogens is 2. The molecule has 0 saturated carbocycles. The average molecular weight is 297 g/mol. The van der Waals surface area contributed by atoms with Crippen LogP contribution >= 0.6 is 24.8 Å². The molecular weight excluding hydrogens is 275 g/mol. The molecule has 2 rings (SSSR count). The molecule has 0 amide bonds. The van der Waals surface area contributed by atoms with Gasteiger partial charge in [0.25, 0.3) is 0 Å². The second-order valence-corrected chi connectivity index (χ2v) is 4.58. The van der Waals surface area contributed by atoms with Crippen LogP contribution in [0.4, 0.5) is 0 Å². The molecule has 5 nitrogen and oxygen atoms in total. The molecule has 7 heteroatoms. The standard InChI is InChI=1S/C11H20N4O.2ClH/c1-9(2)11-13-10(14-16-11)8-15-6-3-4-12-5-7-15;;/h9,12H,3-8H2,1-2H3;2*1H. The Kier molecular flexibility index (Phi) is 8.52. The van der Waals surface area contributed by atoms with Crippen LogP contribution in [0.15, 0.2) is 4.52 Å². The third-order valence-electron chi connectivity index (χ3n) is 2.78. The maximum atomic E-state index is 5.20. The molecule has 0 atom stereocenters. The number of nitrogens with one attached hydrogen (secondary N) is 1. The van der Waals surface area contributed by atoms with Crippen LogP contribution in [-0.4, -0.2) is 41.2 Å². The Morgan fingerprint density at radius 2 is 2.06 bits per heavy atom. The number of rotatable bonds is 3. The lowest BCUT2D eigenvalue weighted by Gasteiger charge is -2.16. The smallest absolute Gasteiger partial charge is 0.229 e. The summed E-state index contributed by atoms with van der Waals surface area (Å²) in [6, 6.07) is 0. The van der Waals surface area contributed by atoms with E-state index in [1.165, 1.54) is 6.42 Å². The molecule has 1 aliphatic heterocycles. The van der Waals surface area contributed by atoms with Crippen molar-refractivity contribution in [2.24, 2.45) is 0 Å². The van der Waals surface area contributed by atoms with Crippen LogP contribution in [0.25, 0.3) is 0 Å². The van der Waals surface area contributed by atoms with Crippen LogP contribution in [0.1, 0.15) is 37.9 Å². The monoisotopic (exact) mass is 296 g/mol. The van der Waals surface area contributed by atoms with E-state index in [0.717, 1.165) is 44.4 Å². The van der Waals surface area contributed by atoms with E-state index in [4.69, 9.17) is 4.52 Å². The Hall–Kier alpha value is -0.360. The molecule has 1 fully saturated rings. The molecule has 18 heavy (non-hydrogen) atoms. The largest absolute Gasteiger partial charge is 0.339 e. The highest BCUT2D eigenvalue weighted by Crippen LogP contribution is 2.12. The van der Waals surface area contributed by atoms with Gasteiger partial charge in [-0.05, 0) is 19.5 Å². The highest BCUT2D eigenvalue weighted by atomic mass is 35.5. The van der Waals surface area contributed by atoms with Gasteiger partial charge in [0.1, 0.15) is 0 Å². The Bertz CT molecular complexity index is 325. The van der Waals surface area contributed by atoms with E-state index < -0.39 is 0 Å². The van der Waals surface area contributed by atoms with Crippen molar-refractivity contribution in [3.63, 3.8) is 0 Å². The molecule has 0 aliphatic carbocycles. The van der Waals surface area contributed by atoms with Crippen molar-refractivity contribution in [1.29, 1.82) is 0 Å². The van der Waals surface area contributed by atoms with E-state index in [0.29, 0.717) is 5.92 Å². The molecule has 2 heterocycles. The van der Waals surface area contributed by atoms with E-state index in [9.17, 15) is 0 Å². The van der Waals surface area contributed by atoms with Crippen molar-refractivity contribution in [3.05, 3.63) is 11.7 Å². The average Bonchev–Trinajstić information content (AvgIpc) is 2.56. The maximum absolute atomic E-state index is 5.20. The minimum absolute atomic E-state index is 0. The first kappa shape index (κ1) is 17.6. The molecule has 1 aliphatic rings. The minimum atomic E-state index is 0. The summed E-state index contributed by atoms with van der Waals surface area (Å²) in [5, 5.41) is 7.39. The van der Waals surface area contributed by atoms with Gasteiger partial charge in [-0.1, -0.05) is 19.0 Å². The summed E-state index contributed by atoms with van der Waals surface area (Å²) in [6.07, 6.45) is 1.19. The normalized spacial score (nSPS) is 16.8. The summed E-state index contributed by atoms with van der Waals surface area (Å²) in [5.41, 5.74) is 0. The van der Waals surface area contributed by atoms with Crippen LogP contribution in [0.5, 0.6) is 0 Å². The van der Waals surface area contributed by atoms with Gasteiger partial charge in [0.2, 0.25) is 5.89 Å². The SMILES string of the molecule is CC(C)c1nc(CN2CCCNCC2)no1.Cl.Cl. The van der Waals surface area contributed by atoms with E-state index in [1.807, 2.05) is 0 Å². The van der Waals surface area contributed by atoms with Crippen molar-refractivity contribution in [2.75, 3.05) is 26.2 Å². The lowest BCUT2D eigenvalue weighted by Crippen LogP contribution is -2.28. The number of hydrogen-bond acceptors (Lipinski definition) is 5. The molecule has 0 bridgehead atoms. The second kappa shape index (κ2) is 8.69. The van der Waals surface area contributed by atoms with Crippen LogP contribution in [0.3, 0.4) is 0 Å². The molecule has 0 radical (unpaired) electrons. The molecule has 106 valence electrons. The van der Waals surface area contributed by atoms with Gasteiger partial charge >= 0.3 is 0 Å². The number of hydrogen-bond donors (Lipinski definition) is 1. The topological polar surface area (TPSA) is 54.2 Å². The fraction of sp³-hybridized carbons (Fsp3) is 0.818. The number of aromatic nitrogens is 2. The van der Waals surface area contributed by atoms with Crippen molar-refractivity contribution in [1.82, 2.24) is 20.4 Å². The molecule has 0 unspecified atom stereocenters. The summed E-state index contributed by atoms with van der Waals surface area (Å²) in [5.74, 6) is 1.86. The van der Waals surface area contributed by atoms with Gasteiger partial charge in [-0.3, -0.25) is 4.90 Å². The van der Waals surface area contributed by atoms with Crippen molar-refractivity contribution in [3.8, 4) is 0 Å². The van der Waals surface area contributed by atoms with E-state index in [-0.39, 0.29) is 24.8 Å². The highest BCUT2D eigenvalue weighted by molar-refractivity contribution is 5.85. The first-order valence-electron chi connectivity index (χ1n) is 6.01. The molecule has 0 spiro atoms. The minimum Gasteiger partial charge on any atom is -0.339 e. The lowest BCUT2D eigenvalue weighted by molar-refractivity contribution is 0.270. The Morgan fingerprint density at radius 3 is 2.72 bits per heavy atom. The Morgan fingerprint density at radius 1 is 1.28 bits per heavy atom. The zero-order chi connectivity index (χ0) is 11.4. The van der Waals surface area contributed by atoms with Gasteiger partial charge in [-0.2, -0.15) is 4.98 Å². The van der Waals surface area contributed by atoms with Gasteiger partial charge in [0, 0.05) is 19.0 Å². The summed E-state index contributed by atoms with van der Waals surface area (Å²) in [4.78, 5) is 6.76. The first-order chi connectivity index (χ1) is 7.75. The van der Waals surface area contributed by atoms with Crippen molar-refractivity contribution < 1.29 is 4.52 Å². The van der Waals surface area contributed by atoms with Gasteiger partial charge in [-0.15, -0.1) is 24.8 Å². The van der Waals surface area contributed by atoms with Gasteiger partial charge in [-0.25, -0.2) is 0 Å². The summed E-state index contributed by atoms with van der Waals surface area (Å²) >= 11 is 0.